The van der Waals surface area contributed by atoms with E-state index < -0.39 is 0 Å². The van der Waals surface area contributed by atoms with Crippen LogP contribution < -0.4 is 5.32 Å². The highest BCUT2D eigenvalue weighted by Crippen LogP contribution is 1.96. The second-order valence-electron chi connectivity index (χ2n) is 2.66. The predicted molar refractivity (Wildman–Crippen MR) is 57.3 cm³/mol. The Labute approximate surface area is 85.7 Å². The summed E-state index contributed by atoms with van der Waals surface area (Å²) in [5, 5.41) is 3.28. The first-order valence-corrected chi connectivity index (χ1v) is 4.17. The summed E-state index contributed by atoms with van der Waals surface area (Å²) >= 11 is 0. The van der Waals surface area contributed by atoms with Crippen molar-refractivity contribution in [3.05, 3.63) is 35.9 Å². The zero-order chi connectivity index (χ0) is 8.65. The summed E-state index contributed by atoms with van der Waals surface area (Å²) in [6.07, 6.45) is 0. The molecule has 0 aromatic heterocycles. The molecular formula is C10H16ClNO. The molecule has 1 rings (SSSR count). The van der Waals surface area contributed by atoms with Crippen LogP contribution in [-0.2, 0) is 11.3 Å². The molecule has 0 radical (unpaired) electrons. The van der Waals surface area contributed by atoms with Crippen molar-refractivity contribution in [2.75, 3.05) is 20.3 Å². The first-order chi connectivity index (χ1) is 5.93. The molecule has 0 unspecified atom stereocenters. The summed E-state index contributed by atoms with van der Waals surface area (Å²) in [6.45, 7) is 2.60. The van der Waals surface area contributed by atoms with Crippen LogP contribution in [0.25, 0.3) is 0 Å². The van der Waals surface area contributed by atoms with Crippen LogP contribution in [-0.4, -0.2) is 20.3 Å². The van der Waals surface area contributed by atoms with Crippen molar-refractivity contribution in [3.63, 3.8) is 0 Å². The molecule has 1 aromatic rings. The number of methoxy groups -OCH3 is 1. The smallest absolute Gasteiger partial charge is 0.0587 e. The van der Waals surface area contributed by atoms with Gasteiger partial charge in [-0.05, 0) is 5.56 Å². The molecule has 0 amide bonds. The monoisotopic (exact) mass is 201 g/mol. The lowest BCUT2D eigenvalue weighted by Crippen LogP contribution is -2.18. The largest absolute Gasteiger partial charge is 0.383 e. The van der Waals surface area contributed by atoms with Crippen LogP contribution in [0.15, 0.2) is 30.3 Å². The molecule has 13 heavy (non-hydrogen) atoms. The van der Waals surface area contributed by atoms with E-state index in [0.717, 1.165) is 19.7 Å². The topological polar surface area (TPSA) is 21.3 Å². The number of hydrogen-bond donors (Lipinski definition) is 1. The molecule has 3 heteroatoms. The molecule has 1 N–H and O–H groups in total. The second-order valence-corrected chi connectivity index (χ2v) is 2.66. The van der Waals surface area contributed by atoms with Crippen molar-refractivity contribution in [1.29, 1.82) is 0 Å². The number of halogens is 1. The highest BCUT2D eigenvalue weighted by molar-refractivity contribution is 5.85. The zero-order valence-corrected chi connectivity index (χ0v) is 8.64. The molecule has 0 saturated heterocycles. The Bertz CT molecular complexity index is 203. The summed E-state index contributed by atoms with van der Waals surface area (Å²) in [6, 6.07) is 10.3. The molecule has 0 aliphatic carbocycles. The van der Waals surface area contributed by atoms with E-state index in [1.165, 1.54) is 5.56 Å². The van der Waals surface area contributed by atoms with Crippen molar-refractivity contribution < 1.29 is 4.74 Å². The molecule has 0 fully saturated rings. The lowest BCUT2D eigenvalue weighted by molar-refractivity contribution is 0.199. The Morgan fingerprint density at radius 1 is 1.23 bits per heavy atom. The first-order valence-electron chi connectivity index (χ1n) is 4.17. The molecule has 0 bridgehead atoms. The van der Waals surface area contributed by atoms with Gasteiger partial charge in [-0.2, -0.15) is 0 Å². The van der Waals surface area contributed by atoms with E-state index in [0.29, 0.717) is 0 Å². The molecule has 0 aliphatic heterocycles. The van der Waals surface area contributed by atoms with Crippen LogP contribution in [0.5, 0.6) is 0 Å². The Hall–Kier alpha value is -0.570. The summed E-state index contributed by atoms with van der Waals surface area (Å²) in [4.78, 5) is 0. The van der Waals surface area contributed by atoms with Gasteiger partial charge >= 0.3 is 0 Å². The number of rotatable bonds is 5. The van der Waals surface area contributed by atoms with E-state index in [-0.39, 0.29) is 12.4 Å². The van der Waals surface area contributed by atoms with Crippen molar-refractivity contribution >= 4 is 12.4 Å². The van der Waals surface area contributed by atoms with Crippen LogP contribution >= 0.6 is 12.4 Å². The van der Waals surface area contributed by atoms with E-state index in [4.69, 9.17) is 4.74 Å². The van der Waals surface area contributed by atoms with Gasteiger partial charge in [0.05, 0.1) is 6.61 Å². The minimum Gasteiger partial charge on any atom is -0.383 e. The molecule has 0 atom stereocenters. The first kappa shape index (κ1) is 12.4. The summed E-state index contributed by atoms with van der Waals surface area (Å²) in [5.41, 5.74) is 1.31. The van der Waals surface area contributed by atoms with Crippen LogP contribution in [0.3, 0.4) is 0 Å². The number of ether oxygens (including phenoxy) is 1. The minimum absolute atomic E-state index is 0. The maximum Gasteiger partial charge on any atom is 0.0587 e. The molecule has 1 aromatic carbocycles. The quantitative estimate of drug-likeness (QED) is 0.735. The van der Waals surface area contributed by atoms with Gasteiger partial charge in [-0.3, -0.25) is 0 Å². The molecule has 74 valence electrons. The van der Waals surface area contributed by atoms with E-state index in [9.17, 15) is 0 Å². The number of nitrogens with one attached hydrogen (secondary N) is 1. The highest BCUT2D eigenvalue weighted by Gasteiger charge is 1.88. The normalized spacial score (nSPS) is 9.31. The van der Waals surface area contributed by atoms with E-state index >= 15 is 0 Å². The van der Waals surface area contributed by atoms with Gasteiger partial charge < -0.3 is 10.1 Å². The third kappa shape index (κ3) is 5.64. The van der Waals surface area contributed by atoms with Crippen molar-refractivity contribution in [1.82, 2.24) is 5.32 Å². The Kier molecular flexibility index (Phi) is 7.69. The minimum atomic E-state index is 0. The third-order valence-electron chi connectivity index (χ3n) is 1.65. The SMILES string of the molecule is COCCNCc1ccccc1.Cl. The van der Waals surface area contributed by atoms with Gasteiger partial charge in [0.25, 0.3) is 0 Å². The second kappa shape index (κ2) is 8.05. The molecule has 0 saturated carbocycles. The van der Waals surface area contributed by atoms with Gasteiger partial charge in [-0.1, -0.05) is 30.3 Å². The van der Waals surface area contributed by atoms with Crippen LogP contribution in [0.1, 0.15) is 5.56 Å². The predicted octanol–water partition coefficient (Wildman–Crippen LogP) is 1.84. The fourth-order valence-electron chi connectivity index (χ4n) is 1.00. The zero-order valence-electron chi connectivity index (χ0n) is 7.82. The van der Waals surface area contributed by atoms with Gasteiger partial charge in [0, 0.05) is 20.2 Å². The number of benzene rings is 1. The molecule has 0 heterocycles. The van der Waals surface area contributed by atoms with Gasteiger partial charge in [-0.25, -0.2) is 0 Å². The average molecular weight is 202 g/mol. The van der Waals surface area contributed by atoms with Gasteiger partial charge in [0.2, 0.25) is 0 Å². The Balaban J connectivity index is 0.00000144. The van der Waals surface area contributed by atoms with E-state index in [2.05, 4.69) is 17.4 Å². The maximum absolute atomic E-state index is 4.92. The molecular weight excluding hydrogens is 186 g/mol. The fraction of sp³-hybridized carbons (Fsp3) is 0.400. The molecule has 2 nitrogen and oxygen atoms in total. The van der Waals surface area contributed by atoms with Crippen molar-refractivity contribution in [2.45, 2.75) is 6.54 Å². The standard InChI is InChI=1S/C10H15NO.ClH/c1-12-8-7-11-9-10-5-3-2-4-6-10;/h2-6,11H,7-9H2,1H3;1H. The lowest BCUT2D eigenvalue weighted by atomic mass is 10.2. The lowest BCUT2D eigenvalue weighted by Gasteiger charge is -2.02. The summed E-state index contributed by atoms with van der Waals surface area (Å²) < 4.78 is 4.92. The van der Waals surface area contributed by atoms with Gasteiger partial charge in [-0.15, -0.1) is 12.4 Å². The Morgan fingerprint density at radius 3 is 2.54 bits per heavy atom. The van der Waals surface area contributed by atoms with Crippen LogP contribution in [0.2, 0.25) is 0 Å². The van der Waals surface area contributed by atoms with E-state index in [1.54, 1.807) is 7.11 Å². The molecule has 0 spiro atoms. The summed E-state index contributed by atoms with van der Waals surface area (Å²) in [7, 11) is 1.71. The average Bonchev–Trinajstić information content (AvgIpc) is 2.14. The van der Waals surface area contributed by atoms with Gasteiger partial charge in [0.15, 0.2) is 0 Å². The maximum atomic E-state index is 4.92. The van der Waals surface area contributed by atoms with Crippen LogP contribution in [0.4, 0.5) is 0 Å². The number of hydrogen-bond acceptors (Lipinski definition) is 2. The molecule has 0 aliphatic rings. The van der Waals surface area contributed by atoms with Crippen molar-refractivity contribution in [2.24, 2.45) is 0 Å². The fourth-order valence-corrected chi connectivity index (χ4v) is 1.00. The summed E-state index contributed by atoms with van der Waals surface area (Å²) in [5.74, 6) is 0. The van der Waals surface area contributed by atoms with Gasteiger partial charge in [0.1, 0.15) is 0 Å². The van der Waals surface area contributed by atoms with Crippen molar-refractivity contribution in [3.8, 4) is 0 Å². The highest BCUT2D eigenvalue weighted by atomic mass is 35.5. The van der Waals surface area contributed by atoms with Crippen LogP contribution in [0, 0.1) is 0 Å². The Morgan fingerprint density at radius 2 is 1.92 bits per heavy atom. The third-order valence-corrected chi connectivity index (χ3v) is 1.65. The van der Waals surface area contributed by atoms with E-state index in [1.807, 2.05) is 18.2 Å².